The Bertz CT molecular complexity index is 500. The van der Waals surface area contributed by atoms with E-state index in [1.807, 2.05) is 6.07 Å². The molecule has 94 valence electrons. The van der Waals surface area contributed by atoms with E-state index in [1.165, 1.54) is 11.1 Å². The molecule has 0 aliphatic rings. The molecule has 0 atom stereocenters. The van der Waals surface area contributed by atoms with E-state index in [0.717, 1.165) is 27.6 Å². The summed E-state index contributed by atoms with van der Waals surface area (Å²) in [6.45, 7) is 3.01. The second-order valence-corrected chi connectivity index (χ2v) is 5.97. The van der Waals surface area contributed by atoms with Gasteiger partial charge in [0.2, 0.25) is 0 Å². The van der Waals surface area contributed by atoms with E-state index in [0.29, 0.717) is 0 Å². The highest BCUT2D eigenvalue weighted by Crippen LogP contribution is 2.32. The lowest BCUT2D eigenvalue weighted by molar-refractivity contribution is 1.02. The van der Waals surface area contributed by atoms with Gasteiger partial charge in [0, 0.05) is 15.5 Å². The monoisotopic (exact) mass is 367 g/mol. The number of hydrogen-bond donors (Lipinski definition) is 1. The van der Waals surface area contributed by atoms with Crippen molar-refractivity contribution in [2.45, 2.75) is 13.3 Å². The Morgan fingerprint density at radius 2 is 1.61 bits per heavy atom. The molecule has 18 heavy (non-hydrogen) atoms. The van der Waals surface area contributed by atoms with Crippen LogP contribution >= 0.6 is 31.9 Å². The number of benzene rings is 2. The summed E-state index contributed by atoms with van der Waals surface area (Å²) >= 11 is 7.18. The first-order valence-electron chi connectivity index (χ1n) is 5.90. The van der Waals surface area contributed by atoms with Gasteiger partial charge in [-0.2, -0.15) is 0 Å². The average Bonchev–Trinajstić information content (AvgIpc) is 2.34. The van der Waals surface area contributed by atoms with Gasteiger partial charge in [0.15, 0.2) is 0 Å². The molecule has 0 radical (unpaired) electrons. The van der Waals surface area contributed by atoms with Crippen LogP contribution in [0.5, 0.6) is 0 Å². The van der Waals surface area contributed by atoms with Gasteiger partial charge >= 0.3 is 0 Å². The smallest absolute Gasteiger partial charge is 0.0629 e. The highest BCUT2D eigenvalue weighted by molar-refractivity contribution is 9.11. The Balaban J connectivity index is 1.99. The first-order valence-corrected chi connectivity index (χ1v) is 7.49. The minimum absolute atomic E-state index is 0.921. The fourth-order valence-corrected chi connectivity index (χ4v) is 3.54. The third kappa shape index (κ3) is 3.59. The summed E-state index contributed by atoms with van der Waals surface area (Å²) in [6, 6.07) is 14.7. The van der Waals surface area contributed by atoms with Crippen molar-refractivity contribution in [3.63, 3.8) is 0 Å². The molecule has 0 saturated heterocycles. The minimum atomic E-state index is 0.921. The molecule has 0 heterocycles. The lowest BCUT2D eigenvalue weighted by atomic mass is 10.1. The van der Waals surface area contributed by atoms with Crippen molar-refractivity contribution in [2.75, 3.05) is 11.9 Å². The molecule has 1 nitrogen and oxygen atoms in total. The molecule has 2 aromatic carbocycles. The van der Waals surface area contributed by atoms with Crippen LogP contribution in [0.4, 0.5) is 5.69 Å². The molecule has 2 aromatic rings. The molecule has 0 spiro atoms. The Morgan fingerprint density at radius 1 is 1.00 bits per heavy atom. The molecule has 0 aliphatic heterocycles. The van der Waals surface area contributed by atoms with Crippen molar-refractivity contribution < 1.29 is 0 Å². The summed E-state index contributed by atoms with van der Waals surface area (Å²) < 4.78 is 2.20. The van der Waals surface area contributed by atoms with Crippen molar-refractivity contribution >= 4 is 37.5 Å². The van der Waals surface area contributed by atoms with Gasteiger partial charge in [-0.1, -0.05) is 30.3 Å². The van der Waals surface area contributed by atoms with Gasteiger partial charge in [0.25, 0.3) is 0 Å². The molecule has 0 unspecified atom stereocenters. The second-order valence-electron chi connectivity index (χ2n) is 4.27. The van der Waals surface area contributed by atoms with Crippen molar-refractivity contribution in [1.29, 1.82) is 0 Å². The largest absolute Gasteiger partial charge is 0.383 e. The summed E-state index contributed by atoms with van der Waals surface area (Å²) in [5.74, 6) is 0. The third-order valence-corrected chi connectivity index (χ3v) is 4.00. The van der Waals surface area contributed by atoms with Gasteiger partial charge in [-0.15, -0.1) is 0 Å². The summed E-state index contributed by atoms with van der Waals surface area (Å²) in [4.78, 5) is 0. The molecular weight excluding hydrogens is 354 g/mol. The second kappa shape index (κ2) is 6.39. The van der Waals surface area contributed by atoms with Crippen LogP contribution in [-0.4, -0.2) is 6.54 Å². The van der Waals surface area contributed by atoms with E-state index in [1.54, 1.807) is 0 Å². The van der Waals surface area contributed by atoms with Gasteiger partial charge in [0.1, 0.15) is 0 Å². The molecule has 0 amide bonds. The summed E-state index contributed by atoms with van der Waals surface area (Å²) in [7, 11) is 0. The van der Waals surface area contributed by atoms with Crippen molar-refractivity contribution in [2.24, 2.45) is 0 Å². The van der Waals surface area contributed by atoms with Crippen LogP contribution in [0, 0.1) is 6.92 Å². The third-order valence-electron chi connectivity index (χ3n) is 2.74. The standard InChI is InChI=1S/C15H15Br2N/c1-11-9-13(16)15(14(17)10-11)18-8-7-12-5-3-2-4-6-12/h2-6,9-10,18H,7-8H2,1H3. The van der Waals surface area contributed by atoms with Crippen molar-refractivity contribution in [3.05, 3.63) is 62.5 Å². The molecule has 0 aromatic heterocycles. The zero-order valence-corrected chi connectivity index (χ0v) is 13.4. The number of rotatable bonds is 4. The molecule has 0 saturated carbocycles. The topological polar surface area (TPSA) is 12.0 Å². The van der Waals surface area contributed by atoms with Crippen LogP contribution in [-0.2, 0) is 6.42 Å². The zero-order valence-electron chi connectivity index (χ0n) is 10.2. The minimum Gasteiger partial charge on any atom is -0.383 e. The van der Waals surface area contributed by atoms with E-state index >= 15 is 0 Å². The predicted molar refractivity (Wildman–Crippen MR) is 85.2 cm³/mol. The highest BCUT2D eigenvalue weighted by Gasteiger charge is 2.05. The molecule has 0 aliphatic carbocycles. The molecule has 3 heteroatoms. The van der Waals surface area contributed by atoms with E-state index < -0.39 is 0 Å². The van der Waals surface area contributed by atoms with Gasteiger partial charge in [-0.3, -0.25) is 0 Å². The van der Waals surface area contributed by atoms with E-state index in [2.05, 4.69) is 80.5 Å². The van der Waals surface area contributed by atoms with Crippen LogP contribution in [0.15, 0.2) is 51.4 Å². The molecule has 0 fully saturated rings. The number of hydrogen-bond acceptors (Lipinski definition) is 1. The maximum atomic E-state index is 3.59. The maximum Gasteiger partial charge on any atom is 0.0629 e. The van der Waals surface area contributed by atoms with Crippen LogP contribution in [0.3, 0.4) is 0 Å². The predicted octanol–water partition coefficient (Wildman–Crippen LogP) is 5.17. The Morgan fingerprint density at radius 3 is 2.22 bits per heavy atom. The summed E-state index contributed by atoms with van der Waals surface area (Å²) in [5, 5.41) is 3.46. The quantitative estimate of drug-likeness (QED) is 0.784. The van der Waals surface area contributed by atoms with Gasteiger partial charge in [-0.25, -0.2) is 0 Å². The maximum absolute atomic E-state index is 3.59. The molecular formula is C15H15Br2N. The van der Waals surface area contributed by atoms with Crippen molar-refractivity contribution in [3.8, 4) is 0 Å². The molecule has 1 N–H and O–H groups in total. The van der Waals surface area contributed by atoms with Crippen LogP contribution in [0.1, 0.15) is 11.1 Å². The summed E-state index contributed by atoms with van der Waals surface area (Å²) in [6.07, 6.45) is 1.02. The molecule has 2 rings (SSSR count). The van der Waals surface area contributed by atoms with E-state index in [4.69, 9.17) is 0 Å². The molecule has 0 bridgehead atoms. The van der Waals surface area contributed by atoms with Crippen LogP contribution in [0.25, 0.3) is 0 Å². The first-order chi connectivity index (χ1) is 8.66. The number of anilines is 1. The SMILES string of the molecule is Cc1cc(Br)c(NCCc2ccccc2)c(Br)c1. The number of nitrogens with one attached hydrogen (secondary N) is 1. The Hall–Kier alpha value is -0.800. The Kier molecular flexibility index (Phi) is 4.84. The fourth-order valence-electron chi connectivity index (χ4n) is 1.85. The van der Waals surface area contributed by atoms with Crippen LogP contribution < -0.4 is 5.32 Å². The van der Waals surface area contributed by atoms with E-state index in [9.17, 15) is 0 Å². The number of halogens is 2. The lowest BCUT2D eigenvalue weighted by Crippen LogP contribution is -2.06. The fraction of sp³-hybridized carbons (Fsp3) is 0.200. The van der Waals surface area contributed by atoms with Gasteiger partial charge < -0.3 is 5.32 Å². The van der Waals surface area contributed by atoms with Gasteiger partial charge in [0.05, 0.1) is 5.69 Å². The number of aryl methyl sites for hydroxylation is 1. The van der Waals surface area contributed by atoms with Crippen molar-refractivity contribution in [1.82, 2.24) is 0 Å². The van der Waals surface area contributed by atoms with E-state index in [-0.39, 0.29) is 0 Å². The van der Waals surface area contributed by atoms with Gasteiger partial charge in [-0.05, 0) is 68.5 Å². The average molecular weight is 369 g/mol. The Labute approximate surface area is 125 Å². The first kappa shape index (κ1) is 13.6. The van der Waals surface area contributed by atoms with Crippen LogP contribution in [0.2, 0.25) is 0 Å². The summed E-state index contributed by atoms with van der Waals surface area (Å²) in [5.41, 5.74) is 3.71. The normalized spacial score (nSPS) is 10.4. The highest BCUT2D eigenvalue weighted by atomic mass is 79.9. The lowest BCUT2D eigenvalue weighted by Gasteiger charge is -2.11. The zero-order chi connectivity index (χ0) is 13.0.